The summed E-state index contributed by atoms with van der Waals surface area (Å²) in [5.74, 6) is 1.59. The first-order valence-corrected chi connectivity index (χ1v) is 10.8. The van der Waals surface area contributed by atoms with Crippen molar-refractivity contribution in [2.24, 2.45) is 4.99 Å². The number of nitrogens with one attached hydrogen (secondary N) is 1. The van der Waals surface area contributed by atoms with E-state index in [0.29, 0.717) is 19.3 Å². The van der Waals surface area contributed by atoms with Crippen molar-refractivity contribution < 1.29 is 19.3 Å². The molecule has 0 aliphatic carbocycles. The maximum absolute atomic E-state index is 10.5. The molecule has 2 atom stereocenters. The van der Waals surface area contributed by atoms with Gasteiger partial charge in [0.15, 0.2) is 5.96 Å². The van der Waals surface area contributed by atoms with Crippen LogP contribution in [0.25, 0.3) is 0 Å². The van der Waals surface area contributed by atoms with E-state index < -0.39 is 6.10 Å². The smallest absolute Gasteiger partial charge is 0.194 e. The summed E-state index contributed by atoms with van der Waals surface area (Å²) in [7, 11) is 1.63. The number of hydrogen-bond acceptors (Lipinski definition) is 5. The van der Waals surface area contributed by atoms with Gasteiger partial charge in [-0.3, -0.25) is 4.99 Å². The largest absolute Gasteiger partial charge is 0.497 e. The molecule has 0 spiro atoms. The molecule has 0 saturated carbocycles. The molecule has 7 nitrogen and oxygen atoms in total. The number of likely N-dealkylation sites (tertiary alicyclic amines) is 1. The molecule has 3 rings (SSSR count). The zero-order valence-electron chi connectivity index (χ0n) is 18.1. The molecule has 1 aromatic rings. The molecule has 170 valence electrons. The lowest BCUT2D eigenvalue weighted by Crippen LogP contribution is -2.47. The monoisotopic (exact) mass is 533 g/mol. The van der Waals surface area contributed by atoms with E-state index >= 15 is 0 Å². The number of halogens is 1. The molecule has 2 aliphatic rings. The Hall–Kier alpha value is -1.10. The molecule has 2 N–H and O–H groups in total. The number of hydrogen-bond donors (Lipinski definition) is 2. The van der Waals surface area contributed by atoms with Crippen molar-refractivity contribution in [2.45, 2.75) is 50.9 Å². The third-order valence-electron chi connectivity index (χ3n) is 5.51. The lowest BCUT2D eigenvalue weighted by atomic mass is 10.1. The van der Waals surface area contributed by atoms with Crippen molar-refractivity contribution in [3.05, 3.63) is 29.8 Å². The molecular formula is C22H36IN3O4. The van der Waals surface area contributed by atoms with Gasteiger partial charge in [-0.1, -0.05) is 12.1 Å². The number of methoxy groups -OCH3 is 1. The van der Waals surface area contributed by atoms with Crippen LogP contribution in [0.5, 0.6) is 5.75 Å². The molecule has 2 heterocycles. The van der Waals surface area contributed by atoms with Crippen molar-refractivity contribution in [1.29, 1.82) is 0 Å². The predicted molar refractivity (Wildman–Crippen MR) is 129 cm³/mol. The van der Waals surface area contributed by atoms with Crippen LogP contribution in [0.3, 0.4) is 0 Å². The topological polar surface area (TPSA) is 75.6 Å². The summed E-state index contributed by atoms with van der Waals surface area (Å²) in [4.78, 5) is 6.94. The Morgan fingerprint density at radius 3 is 2.80 bits per heavy atom. The number of aliphatic hydroxyl groups is 1. The molecule has 2 unspecified atom stereocenters. The zero-order valence-corrected chi connectivity index (χ0v) is 20.4. The molecule has 0 radical (unpaired) electrons. The molecular weight excluding hydrogens is 497 g/mol. The number of aliphatic hydroxyl groups excluding tert-OH is 1. The van der Waals surface area contributed by atoms with Gasteiger partial charge in [-0.2, -0.15) is 0 Å². The van der Waals surface area contributed by atoms with Crippen LogP contribution in [-0.2, 0) is 9.47 Å². The molecule has 30 heavy (non-hydrogen) atoms. The van der Waals surface area contributed by atoms with Gasteiger partial charge in [-0.05, 0) is 50.3 Å². The van der Waals surface area contributed by atoms with Crippen LogP contribution in [-0.4, -0.2) is 74.7 Å². The van der Waals surface area contributed by atoms with E-state index in [0.717, 1.165) is 69.2 Å². The predicted octanol–water partition coefficient (Wildman–Crippen LogP) is 2.97. The van der Waals surface area contributed by atoms with E-state index in [-0.39, 0.29) is 30.1 Å². The molecule has 2 fully saturated rings. The first-order valence-electron chi connectivity index (χ1n) is 10.8. The quantitative estimate of drug-likeness (QED) is 0.304. The van der Waals surface area contributed by atoms with Crippen LogP contribution in [0.2, 0.25) is 0 Å². The van der Waals surface area contributed by atoms with Crippen LogP contribution >= 0.6 is 24.0 Å². The highest BCUT2D eigenvalue weighted by Gasteiger charge is 2.24. The molecule has 1 aromatic carbocycles. The van der Waals surface area contributed by atoms with Gasteiger partial charge < -0.3 is 29.5 Å². The normalized spacial score (nSPS) is 21.2. The number of ether oxygens (including phenoxy) is 3. The average molecular weight is 533 g/mol. The zero-order chi connectivity index (χ0) is 20.5. The molecule has 2 aliphatic heterocycles. The van der Waals surface area contributed by atoms with Crippen LogP contribution in [0, 0.1) is 0 Å². The van der Waals surface area contributed by atoms with Crippen LogP contribution in [0.1, 0.15) is 44.3 Å². The van der Waals surface area contributed by atoms with Gasteiger partial charge in [0.25, 0.3) is 0 Å². The Bertz CT molecular complexity index is 647. The molecule has 0 bridgehead atoms. The van der Waals surface area contributed by atoms with Crippen molar-refractivity contribution in [3.63, 3.8) is 0 Å². The minimum absolute atomic E-state index is 0. The lowest BCUT2D eigenvalue weighted by Gasteiger charge is -2.34. The standard InChI is InChI=1S/C22H35N3O4.HI/c1-3-23-22(24-15-21(26)17-6-4-7-19(14-17)27-2)25-11-9-18(10-12-25)29-16-20-8-5-13-28-20;/h4,6-7,14,18,20-21,26H,3,5,8-13,15-16H2,1-2H3,(H,23,24);1H. The minimum atomic E-state index is -0.661. The summed E-state index contributed by atoms with van der Waals surface area (Å²) in [5, 5.41) is 13.9. The van der Waals surface area contributed by atoms with E-state index in [1.807, 2.05) is 24.3 Å². The Kier molecular flexibility index (Phi) is 11.2. The Balaban J connectivity index is 0.00000320. The van der Waals surface area contributed by atoms with E-state index in [1.54, 1.807) is 7.11 Å². The number of guanidine groups is 1. The average Bonchev–Trinajstić information content (AvgIpc) is 3.29. The summed E-state index contributed by atoms with van der Waals surface area (Å²) < 4.78 is 17.0. The highest BCUT2D eigenvalue weighted by atomic mass is 127. The van der Waals surface area contributed by atoms with Gasteiger partial charge in [0, 0.05) is 26.2 Å². The second kappa shape index (κ2) is 13.3. The van der Waals surface area contributed by atoms with Crippen molar-refractivity contribution in [3.8, 4) is 5.75 Å². The molecule has 8 heteroatoms. The maximum Gasteiger partial charge on any atom is 0.194 e. The number of aliphatic imine (C=N–C) groups is 1. The third-order valence-corrected chi connectivity index (χ3v) is 5.51. The van der Waals surface area contributed by atoms with Crippen LogP contribution in [0.4, 0.5) is 0 Å². The summed E-state index contributed by atoms with van der Waals surface area (Å²) >= 11 is 0. The van der Waals surface area contributed by atoms with Gasteiger partial charge in [-0.15, -0.1) is 24.0 Å². The van der Waals surface area contributed by atoms with E-state index in [9.17, 15) is 5.11 Å². The van der Waals surface area contributed by atoms with Gasteiger partial charge in [-0.25, -0.2) is 0 Å². The van der Waals surface area contributed by atoms with Gasteiger partial charge in [0.1, 0.15) is 5.75 Å². The molecule has 0 aromatic heterocycles. The number of piperidine rings is 1. The highest BCUT2D eigenvalue weighted by Crippen LogP contribution is 2.20. The van der Waals surface area contributed by atoms with Crippen LogP contribution < -0.4 is 10.1 Å². The van der Waals surface area contributed by atoms with E-state index in [1.165, 1.54) is 0 Å². The summed E-state index contributed by atoms with van der Waals surface area (Å²) in [5.41, 5.74) is 0.810. The molecule has 2 saturated heterocycles. The summed E-state index contributed by atoms with van der Waals surface area (Å²) in [6.07, 6.45) is 4.14. The van der Waals surface area contributed by atoms with Crippen molar-refractivity contribution in [1.82, 2.24) is 10.2 Å². The lowest BCUT2D eigenvalue weighted by molar-refractivity contribution is -0.0367. The Morgan fingerprint density at radius 1 is 1.33 bits per heavy atom. The fourth-order valence-corrected chi connectivity index (χ4v) is 3.81. The summed E-state index contributed by atoms with van der Waals surface area (Å²) in [6.45, 7) is 6.55. The first kappa shape index (κ1) is 25.2. The number of rotatable bonds is 8. The third kappa shape index (κ3) is 7.55. The summed E-state index contributed by atoms with van der Waals surface area (Å²) in [6, 6.07) is 7.50. The first-order chi connectivity index (χ1) is 14.2. The van der Waals surface area contributed by atoms with Gasteiger partial charge in [0.2, 0.25) is 0 Å². The van der Waals surface area contributed by atoms with Crippen molar-refractivity contribution in [2.75, 3.05) is 46.5 Å². The number of nitrogens with zero attached hydrogens (tertiary/aromatic N) is 2. The Morgan fingerprint density at radius 2 is 2.13 bits per heavy atom. The maximum atomic E-state index is 10.5. The number of benzene rings is 1. The fourth-order valence-electron chi connectivity index (χ4n) is 3.81. The second-order valence-corrected chi connectivity index (χ2v) is 7.64. The SMILES string of the molecule is CCNC(=NCC(O)c1cccc(OC)c1)N1CCC(OCC2CCCO2)CC1.I. The highest BCUT2D eigenvalue weighted by molar-refractivity contribution is 14.0. The van der Waals surface area contributed by atoms with Crippen LogP contribution in [0.15, 0.2) is 29.3 Å². The second-order valence-electron chi connectivity index (χ2n) is 7.64. The van der Waals surface area contributed by atoms with E-state index in [2.05, 4.69) is 22.1 Å². The Labute approximate surface area is 197 Å². The minimum Gasteiger partial charge on any atom is -0.497 e. The fraction of sp³-hybridized carbons (Fsp3) is 0.682. The van der Waals surface area contributed by atoms with Crippen molar-refractivity contribution >= 4 is 29.9 Å². The van der Waals surface area contributed by atoms with Gasteiger partial charge in [0.05, 0.1) is 38.6 Å². The molecule has 0 amide bonds. The van der Waals surface area contributed by atoms with E-state index in [4.69, 9.17) is 14.2 Å². The van der Waals surface area contributed by atoms with Gasteiger partial charge >= 0.3 is 0 Å².